The number of nitrogens with zero attached hydrogens (tertiary/aromatic N) is 1. The Morgan fingerprint density at radius 2 is 2.17 bits per heavy atom. The maximum Gasteiger partial charge on any atom is 0.246 e. The standard InChI is InChI=1S/C11H15ClN2O3S/c1-11(15)5-6-14(7-11)18(16,17)10-8(12)3-2-4-9(10)13/h2-4,15H,5-7,13H2,1H3. The van der Waals surface area contributed by atoms with Gasteiger partial charge in [0.25, 0.3) is 0 Å². The van der Waals surface area contributed by atoms with Crippen LogP contribution in [0.3, 0.4) is 0 Å². The van der Waals surface area contributed by atoms with Crippen LogP contribution in [0.4, 0.5) is 5.69 Å². The van der Waals surface area contributed by atoms with Gasteiger partial charge >= 0.3 is 0 Å². The molecule has 2 rings (SSSR count). The van der Waals surface area contributed by atoms with Gasteiger partial charge in [-0.25, -0.2) is 8.42 Å². The molecular weight excluding hydrogens is 276 g/mol. The summed E-state index contributed by atoms with van der Waals surface area (Å²) in [6, 6.07) is 4.57. The van der Waals surface area contributed by atoms with Crippen LogP contribution in [0.15, 0.2) is 23.1 Å². The maximum absolute atomic E-state index is 12.4. The molecule has 1 fully saturated rings. The number of sulfonamides is 1. The molecule has 1 aromatic rings. The van der Waals surface area contributed by atoms with E-state index in [9.17, 15) is 13.5 Å². The quantitative estimate of drug-likeness (QED) is 0.798. The van der Waals surface area contributed by atoms with Gasteiger partial charge in [0, 0.05) is 13.1 Å². The van der Waals surface area contributed by atoms with Crippen LogP contribution in [0.1, 0.15) is 13.3 Å². The van der Waals surface area contributed by atoms with E-state index in [0.29, 0.717) is 6.42 Å². The van der Waals surface area contributed by atoms with E-state index in [2.05, 4.69) is 0 Å². The topological polar surface area (TPSA) is 83.6 Å². The number of anilines is 1. The molecule has 0 spiro atoms. The van der Waals surface area contributed by atoms with E-state index in [1.54, 1.807) is 13.0 Å². The zero-order chi connectivity index (χ0) is 13.6. The van der Waals surface area contributed by atoms with Crippen molar-refractivity contribution in [2.45, 2.75) is 23.8 Å². The predicted molar refractivity (Wildman–Crippen MR) is 69.9 cm³/mol. The minimum Gasteiger partial charge on any atom is -0.398 e. The number of hydrogen-bond acceptors (Lipinski definition) is 4. The number of benzene rings is 1. The van der Waals surface area contributed by atoms with Crippen LogP contribution in [0, 0.1) is 0 Å². The second-order valence-electron chi connectivity index (χ2n) is 4.74. The average molecular weight is 291 g/mol. The van der Waals surface area contributed by atoms with E-state index >= 15 is 0 Å². The van der Waals surface area contributed by atoms with E-state index in [0.717, 1.165) is 0 Å². The molecule has 1 atom stereocenters. The molecule has 1 saturated heterocycles. The fraction of sp³-hybridized carbons (Fsp3) is 0.455. The molecule has 3 N–H and O–H groups in total. The summed E-state index contributed by atoms with van der Waals surface area (Å²) in [7, 11) is -3.75. The number of hydrogen-bond donors (Lipinski definition) is 2. The molecule has 0 aromatic heterocycles. The number of β-amino-alcohol motifs (C(OH)–C–C–N with tert-alkyl or cyclic N) is 1. The lowest BCUT2D eigenvalue weighted by Gasteiger charge is -2.20. The zero-order valence-corrected chi connectivity index (χ0v) is 11.5. The molecule has 1 aliphatic heterocycles. The van der Waals surface area contributed by atoms with E-state index in [1.807, 2.05) is 0 Å². The van der Waals surface area contributed by atoms with Gasteiger partial charge in [0.15, 0.2) is 0 Å². The third kappa shape index (κ3) is 2.33. The van der Waals surface area contributed by atoms with Gasteiger partial charge in [0.1, 0.15) is 4.90 Å². The zero-order valence-electron chi connectivity index (χ0n) is 9.93. The van der Waals surface area contributed by atoms with Crippen molar-refractivity contribution in [2.75, 3.05) is 18.8 Å². The Bertz CT molecular complexity index is 551. The van der Waals surface area contributed by atoms with E-state index < -0.39 is 15.6 Å². The molecule has 7 heteroatoms. The first-order valence-electron chi connectivity index (χ1n) is 5.50. The highest BCUT2D eigenvalue weighted by Crippen LogP contribution is 2.33. The van der Waals surface area contributed by atoms with Crippen LogP contribution in [0.2, 0.25) is 5.02 Å². The van der Waals surface area contributed by atoms with Gasteiger partial charge in [0.2, 0.25) is 10.0 Å². The molecule has 0 radical (unpaired) electrons. The molecule has 100 valence electrons. The molecule has 1 aliphatic rings. The number of rotatable bonds is 2. The normalized spacial score (nSPS) is 25.5. The highest BCUT2D eigenvalue weighted by atomic mass is 35.5. The lowest BCUT2D eigenvalue weighted by Crippen LogP contribution is -2.34. The maximum atomic E-state index is 12.4. The third-order valence-corrected chi connectivity index (χ3v) is 5.40. The number of nitrogens with two attached hydrogens (primary N) is 1. The summed E-state index contributed by atoms with van der Waals surface area (Å²) in [4.78, 5) is -0.0793. The highest BCUT2D eigenvalue weighted by Gasteiger charge is 2.39. The Kier molecular flexibility index (Phi) is 3.31. The Labute approximate surface area is 111 Å². The Hall–Kier alpha value is -0.820. The summed E-state index contributed by atoms with van der Waals surface area (Å²) in [6.45, 7) is 1.93. The molecule has 5 nitrogen and oxygen atoms in total. The van der Waals surface area contributed by atoms with Crippen LogP contribution in [-0.2, 0) is 10.0 Å². The predicted octanol–water partition coefficient (Wildman–Crippen LogP) is 1.07. The second kappa shape index (κ2) is 4.38. The minimum absolute atomic E-state index is 0.0556. The summed E-state index contributed by atoms with van der Waals surface area (Å²) < 4.78 is 26.0. The highest BCUT2D eigenvalue weighted by molar-refractivity contribution is 7.89. The van der Waals surface area contributed by atoms with Crippen molar-refractivity contribution < 1.29 is 13.5 Å². The van der Waals surface area contributed by atoms with Gasteiger partial charge in [0.05, 0.1) is 16.3 Å². The Balaban J connectivity index is 2.44. The summed E-state index contributed by atoms with van der Waals surface area (Å²) in [5.74, 6) is 0. The van der Waals surface area contributed by atoms with E-state index in [4.69, 9.17) is 17.3 Å². The minimum atomic E-state index is -3.75. The van der Waals surface area contributed by atoms with Crippen LogP contribution in [0.5, 0.6) is 0 Å². The first-order chi connectivity index (χ1) is 8.24. The van der Waals surface area contributed by atoms with E-state index in [-0.39, 0.29) is 28.7 Å². The van der Waals surface area contributed by atoms with Crippen LogP contribution in [0.25, 0.3) is 0 Å². The summed E-state index contributed by atoms with van der Waals surface area (Å²) >= 11 is 5.92. The van der Waals surface area contributed by atoms with Crippen molar-refractivity contribution in [3.05, 3.63) is 23.2 Å². The summed E-state index contributed by atoms with van der Waals surface area (Å²) in [5, 5.41) is 9.94. The molecule has 0 aliphatic carbocycles. The molecular formula is C11H15ClN2O3S. The van der Waals surface area contributed by atoms with Crippen LogP contribution >= 0.6 is 11.6 Å². The number of halogens is 1. The third-order valence-electron chi connectivity index (χ3n) is 3.01. The van der Waals surface area contributed by atoms with E-state index in [1.165, 1.54) is 16.4 Å². The van der Waals surface area contributed by atoms with Crippen molar-refractivity contribution in [1.29, 1.82) is 0 Å². The number of nitrogen functional groups attached to an aromatic ring is 1. The average Bonchev–Trinajstić information content (AvgIpc) is 2.59. The van der Waals surface area contributed by atoms with Gasteiger partial charge in [-0.2, -0.15) is 4.31 Å². The molecule has 0 bridgehead atoms. The monoisotopic (exact) mass is 290 g/mol. The van der Waals surface area contributed by atoms with Gasteiger partial charge in [-0.1, -0.05) is 17.7 Å². The van der Waals surface area contributed by atoms with Gasteiger partial charge in [-0.3, -0.25) is 0 Å². The van der Waals surface area contributed by atoms with Crippen LogP contribution in [-0.4, -0.2) is 36.5 Å². The fourth-order valence-electron chi connectivity index (χ4n) is 2.04. The SMILES string of the molecule is CC1(O)CCN(S(=O)(=O)c2c(N)cccc2Cl)C1. The molecule has 1 unspecified atom stereocenters. The van der Waals surface area contributed by atoms with Gasteiger partial charge < -0.3 is 10.8 Å². The van der Waals surface area contributed by atoms with Crippen molar-refractivity contribution >= 4 is 27.3 Å². The summed E-state index contributed by atoms with van der Waals surface area (Å²) in [5.41, 5.74) is 4.81. The van der Waals surface area contributed by atoms with Gasteiger partial charge in [-0.05, 0) is 25.5 Å². The lowest BCUT2D eigenvalue weighted by molar-refractivity contribution is 0.0762. The molecule has 18 heavy (non-hydrogen) atoms. The van der Waals surface area contributed by atoms with Crippen molar-refractivity contribution in [1.82, 2.24) is 4.31 Å². The van der Waals surface area contributed by atoms with Crippen molar-refractivity contribution in [3.63, 3.8) is 0 Å². The first kappa shape index (κ1) is 13.6. The fourth-order valence-corrected chi connectivity index (χ4v) is 4.23. The van der Waals surface area contributed by atoms with Gasteiger partial charge in [-0.15, -0.1) is 0 Å². The van der Waals surface area contributed by atoms with Crippen LogP contribution < -0.4 is 5.73 Å². The van der Waals surface area contributed by atoms with Crippen molar-refractivity contribution in [3.8, 4) is 0 Å². The Morgan fingerprint density at radius 1 is 1.50 bits per heavy atom. The smallest absolute Gasteiger partial charge is 0.246 e. The first-order valence-corrected chi connectivity index (χ1v) is 7.32. The largest absolute Gasteiger partial charge is 0.398 e. The Morgan fingerprint density at radius 3 is 2.67 bits per heavy atom. The molecule has 0 saturated carbocycles. The molecule has 0 amide bonds. The summed E-state index contributed by atoms with van der Waals surface area (Å²) in [6.07, 6.45) is 0.399. The second-order valence-corrected chi connectivity index (χ2v) is 7.03. The van der Waals surface area contributed by atoms with Crippen molar-refractivity contribution in [2.24, 2.45) is 0 Å². The molecule has 1 aromatic carbocycles. The lowest BCUT2D eigenvalue weighted by atomic mass is 10.1. The molecule has 1 heterocycles. The number of aliphatic hydroxyl groups is 1.